The Bertz CT molecular complexity index is 425. The van der Waals surface area contributed by atoms with E-state index in [2.05, 4.69) is 25.6 Å². The third kappa shape index (κ3) is 4.18. The lowest BCUT2D eigenvalue weighted by Crippen LogP contribution is -2.19. The van der Waals surface area contributed by atoms with E-state index in [1.54, 1.807) is 7.11 Å². The minimum Gasteiger partial charge on any atom is -0.385 e. The number of halogens is 1. The molecular weight excluding hydrogens is 266 g/mol. The van der Waals surface area contributed by atoms with Gasteiger partial charge >= 0.3 is 0 Å². The number of nitrogens with zero attached hydrogens (tertiary/aromatic N) is 3. The SMILES string of the molecule is CCNc1nc(Cl)nc(NCC2(CCOC)CC2)n1. The van der Waals surface area contributed by atoms with Crippen molar-refractivity contribution >= 4 is 23.5 Å². The molecule has 2 rings (SSSR count). The molecule has 0 spiro atoms. The Morgan fingerprint density at radius 2 is 1.89 bits per heavy atom. The predicted molar refractivity (Wildman–Crippen MR) is 75.7 cm³/mol. The highest BCUT2D eigenvalue weighted by Crippen LogP contribution is 2.48. The summed E-state index contributed by atoms with van der Waals surface area (Å²) < 4.78 is 5.14. The molecule has 1 saturated carbocycles. The lowest BCUT2D eigenvalue weighted by Gasteiger charge is -2.15. The van der Waals surface area contributed by atoms with E-state index < -0.39 is 0 Å². The summed E-state index contributed by atoms with van der Waals surface area (Å²) in [5, 5.41) is 6.49. The Morgan fingerprint density at radius 1 is 1.21 bits per heavy atom. The van der Waals surface area contributed by atoms with E-state index in [1.807, 2.05) is 6.92 Å². The van der Waals surface area contributed by atoms with E-state index in [0.29, 0.717) is 17.3 Å². The predicted octanol–water partition coefficient (Wildman–Crippen LogP) is 2.19. The van der Waals surface area contributed by atoms with Crippen LogP contribution in [0.15, 0.2) is 0 Å². The maximum atomic E-state index is 5.87. The molecule has 0 aliphatic heterocycles. The zero-order valence-electron chi connectivity index (χ0n) is 11.4. The summed E-state index contributed by atoms with van der Waals surface area (Å²) in [6.07, 6.45) is 3.51. The molecule has 0 aromatic carbocycles. The second-order valence-electron chi connectivity index (χ2n) is 4.88. The number of anilines is 2. The van der Waals surface area contributed by atoms with E-state index in [-0.39, 0.29) is 5.28 Å². The van der Waals surface area contributed by atoms with Crippen molar-refractivity contribution in [3.8, 4) is 0 Å². The zero-order valence-corrected chi connectivity index (χ0v) is 12.1. The lowest BCUT2D eigenvalue weighted by atomic mass is 10.0. The zero-order chi connectivity index (χ0) is 13.7. The Morgan fingerprint density at radius 3 is 2.47 bits per heavy atom. The molecule has 19 heavy (non-hydrogen) atoms. The largest absolute Gasteiger partial charge is 0.385 e. The second kappa shape index (κ2) is 6.34. The smallest absolute Gasteiger partial charge is 0.228 e. The van der Waals surface area contributed by atoms with Crippen LogP contribution in [0.3, 0.4) is 0 Å². The summed E-state index contributed by atoms with van der Waals surface area (Å²) in [5.74, 6) is 1.03. The topological polar surface area (TPSA) is 72.0 Å². The fourth-order valence-corrected chi connectivity index (χ4v) is 2.10. The van der Waals surface area contributed by atoms with Crippen LogP contribution in [0.5, 0.6) is 0 Å². The molecule has 1 aromatic rings. The first kappa shape index (κ1) is 14.3. The fourth-order valence-electron chi connectivity index (χ4n) is 1.94. The van der Waals surface area contributed by atoms with Crippen molar-refractivity contribution in [3.63, 3.8) is 0 Å². The molecule has 0 atom stereocenters. The highest BCUT2D eigenvalue weighted by Gasteiger charge is 2.41. The maximum absolute atomic E-state index is 5.87. The fraction of sp³-hybridized carbons (Fsp3) is 0.750. The van der Waals surface area contributed by atoms with Crippen LogP contribution in [0.2, 0.25) is 5.28 Å². The number of methoxy groups -OCH3 is 1. The van der Waals surface area contributed by atoms with Crippen LogP contribution in [0.1, 0.15) is 26.2 Å². The molecule has 1 aliphatic carbocycles. The third-order valence-corrected chi connectivity index (χ3v) is 3.53. The second-order valence-corrected chi connectivity index (χ2v) is 5.22. The van der Waals surface area contributed by atoms with E-state index in [4.69, 9.17) is 16.3 Å². The molecule has 1 fully saturated rings. The molecular formula is C12H20ClN5O. The third-order valence-electron chi connectivity index (χ3n) is 3.36. The summed E-state index contributed by atoms with van der Waals surface area (Å²) >= 11 is 5.87. The highest BCUT2D eigenvalue weighted by molar-refractivity contribution is 6.28. The number of ether oxygens (including phenoxy) is 1. The number of hydrogen-bond acceptors (Lipinski definition) is 6. The van der Waals surface area contributed by atoms with Gasteiger partial charge in [0.2, 0.25) is 17.2 Å². The van der Waals surface area contributed by atoms with Crippen molar-refractivity contribution < 1.29 is 4.74 Å². The van der Waals surface area contributed by atoms with Gasteiger partial charge in [-0.25, -0.2) is 0 Å². The molecule has 6 nitrogen and oxygen atoms in total. The van der Waals surface area contributed by atoms with Crippen molar-refractivity contribution in [2.45, 2.75) is 26.2 Å². The van der Waals surface area contributed by atoms with Gasteiger partial charge in [0.15, 0.2) is 0 Å². The molecule has 0 radical (unpaired) electrons. The van der Waals surface area contributed by atoms with Gasteiger partial charge in [-0.2, -0.15) is 15.0 Å². The maximum Gasteiger partial charge on any atom is 0.228 e. The normalized spacial score (nSPS) is 16.2. The van der Waals surface area contributed by atoms with Crippen LogP contribution in [0.25, 0.3) is 0 Å². The van der Waals surface area contributed by atoms with Gasteiger partial charge in [-0.15, -0.1) is 0 Å². The standard InChI is InChI=1S/C12H20ClN5O/c1-3-14-10-16-9(13)17-11(18-10)15-8-12(4-5-12)6-7-19-2/h3-8H2,1-2H3,(H2,14,15,16,17,18). The molecule has 0 unspecified atom stereocenters. The average Bonchev–Trinajstić information content (AvgIpc) is 3.15. The molecule has 2 N–H and O–H groups in total. The van der Waals surface area contributed by atoms with Crippen LogP contribution in [-0.4, -0.2) is 41.8 Å². The number of hydrogen-bond donors (Lipinski definition) is 2. The Balaban J connectivity index is 1.92. The van der Waals surface area contributed by atoms with Gasteiger partial charge in [-0.1, -0.05) is 0 Å². The molecule has 106 valence electrons. The summed E-state index contributed by atoms with van der Waals surface area (Å²) in [7, 11) is 1.73. The molecule has 1 heterocycles. The van der Waals surface area contributed by atoms with E-state index >= 15 is 0 Å². The molecule has 7 heteroatoms. The van der Waals surface area contributed by atoms with Gasteiger partial charge < -0.3 is 15.4 Å². The minimum absolute atomic E-state index is 0.204. The lowest BCUT2D eigenvalue weighted by molar-refractivity contribution is 0.175. The quantitative estimate of drug-likeness (QED) is 0.763. The van der Waals surface area contributed by atoms with Gasteiger partial charge in [-0.3, -0.25) is 0 Å². The van der Waals surface area contributed by atoms with Gasteiger partial charge in [0, 0.05) is 26.8 Å². The Kier molecular flexibility index (Phi) is 4.76. The number of aromatic nitrogens is 3. The molecule has 1 aliphatic rings. The van der Waals surface area contributed by atoms with Crippen LogP contribution < -0.4 is 10.6 Å². The summed E-state index contributed by atoms with van der Waals surface area (Å²) in [6.45, 7) is 4.37. The van der Waals surface area contributed by atoms with Crippen molar-refractivity contribution in [2.24, 2.45) is 5.41 Å². The molecule has 0 amide bonds. The number of nitrogens with one attached hydrogen (secondary N) is 2. The van der Waals surface area contributed by atoms with Gasteiger partial charge in [-0.05, 0) is 43.2 Å². The Hall–Kier alpha value is -1.14. The van der Waals surface area contributed by atoms with Crippen LogP contribution in [0.4, 0.5) is 11.9 Å². The average molecular weight is 286 g/mol. The molecule has 0 bridgehead atoms. The first-order valence-corrected chi connectivity index (χ1v) is 6.93. The van der Waals surface area contributed by atoms with Gasteiger partial charge in [0.1, 0.15) is 0 Å². The van der Waals surface area contributed by atoms with Crippen LogP contribution in [-0.2, 0) is 4.74 Å². The summed E-state index contributed by atoms with van der Waals surface area (Å²) in [4.78, 5) is 12.4. The Labute approximate surface area is 118 Å². The summed E-state index contributed by atoms with van der Waals surface area (Å²) in [6, 6.07) is 0. The van der Waals surface area contributed by atoms with Crippen molar-refractivity contribution in [1.82, 2.24) is 15.0 Å². The molecule has 0 saturated heterocycles. The summed E-state index contributed by atoms with van der Waals surface area (Å²) in [5.41, 5.74) is 0.341. The number of rotatable bonds is 8. The van der Waals surface area contributed by atoms with Gasteiger partial charge in [0.05, 0.1) is 0 Å². The van der Waals surface area contributed by atoms with Gasteiger partial charge in [0.25, 0.3) is 0 Å². The van der Waals surface area contributed by atoms with Crippen LogP contribution in [0, 0.1) is 5.41 Å². The minimum atomic E-state index is 0.204. The molecule has 1 aromatic heterocycles. The van der Waals surface area contributed by atoms with Crippen molar-refractivity contribution in [2.75, 3.05) is 37.4 Å². The highest BCUT2D eigenvalue weighted by atomic mass is 35.5. The van der Waals surface area contributed by atoms with Crippen molar-refractivity contribution in [1.29, 1.82) is 0 Å². The van der Waals surface area contributed by atoms with Crippen molar-refractivity contribution in [3.05, 3.63) is 5.28 Å². The van der Waals surface area contributed by atoms with E-state index in [9.17, 15) is 0 Å². The van der Waals surface area contributed by atoms with E-state index in [0.717, 1.165) is 26.1 Å². The van der Waals surface area contributed by atoms with Crippen LogP contribution >= 0.6 is 11.6 Å². The monoisotopic (exact) mass is 285 g/mol. The first-order chi connectivity index (χ1) is 9.17. The van der Waals surface area contributed by atoms with E-state index in [1.165, 1.54) is 12.8 Å². The first-order valence-electron chi connectivity index (χ1n) is 6.56.